The van der Waals surface area contributed by atoms with Crippen LogP contribution in [-0.4, -0.2) is 0 Å². The highest BCUT2D eigenvalue weighted by Crippen LogP contribution is 2.43. The molecule has 0 aromatic carbocycles. The Balaban J connectivity index is 1.56. The fourth-order valence-corrected chi connectivity index (χ4v) is 3.20. The van der Waals surface area contributed by atoms with E-state index < -0.39 is 0 Å². The van der Waals surface area contributed by atoms with Crippen molar-refractivity contribution in [3.63, 3.8) is 0 Å². The van der Waals surface area contributed by atoms with Gasteiger partial charge in [-0.05, 0) is 36.0 Å². The highest BCUT2D eigenvalue weighted by atomic mass is 14.4. The van der Waals surface area contributed by atoms with Gasteiger partial charge in [-0.2, -0.15) is 0 Å². The Hall–Kier alpha value is 0. The lowest BCUT2D eigenvalue weighted by Gasteiger charge is -2.35. The Morgan fingerprint density at radius 3 is 2.33 bits per heavy atom. The van der Waals surface area contributed by atoms with Crippen LogP contribution in [0, 0.1) is 29.6 Å². The Labute approximate surface area is 95.8 Å². The van der Waals surface area contributed by atoms with Gasteiger partial charge in [-0.25, -0.2) is 0 Å². The van der Waals surface area contributed by atoms with Gasteiger partial charge in [-0.3, -0.25) is 0 Å². The fourth-order valence-electron chi connectivity index (χ4n) is 3.20. The van der Waals surface area contributed by atoms with Crippen LogP contribution in [0.4, 0.5) is 0 Å². The standard InChI is InChI=1S/C15H28/c1-11(13(3)14-7-5-8-14)6-4-9-15-10-12(15)2/h11-15H,4-10H2,1-3H3. The van der Waals surface area contributed by atoms with Crippen molar-refractivity contribution in [1.82, 2.24) is 0 Å². The van der Waals surface area contributed by atoms with Crippen LogP contribution in [0.5, 0.6) is 0 Å². The third-order valence-electron chi connectivity index (χ3n) is 5.30. The fraction of sp³-hybridized carbons (Fsp3) is 1.00. The van der Waals surface area contributed by atoms with Gasteiger partial charge in [0, 0.05) is 0 Å². The van der Waals surface area contributed by atoms with Crippen LogP contribution in [-0.2, 0) is 0 Å². The number of hydrogen-bond acceptors (Lipinski definition) is 0. The quantitative estimate of drug-likeness (QED) is 0.583. The molecular formula is C15H28. The van der Waals surface area contributed by atoms with E-state index in [-0.39, 0.29) is 0 Å². The minimum Gasteiger partial charge on any atom is -0.0622 e. The van der Waals surface area contributed by atoms with Crippen LogP contribution < -0.4 is 0 Å². The second-order valence-corrected chi connectivity index (χ2v) is 6.43. The van der Waals surface area contributed by atoms with E-state index in [2.05, 4.69) is 20.8 Å². The molecule has 2 rings (SSSR count). The molecule has 0 aromatic rings. The van der Waals surface area contributed by atoms with Crippen molar-refractivity contribution in [3.05, 3.63) is 0 Å². The maximum Gasteiger partial charge on any atom is -0.0386 e. The molecule has 15 heavy (non-hydrogen) atoms. The molecule has 2 fully saturated rings. The minimum absolute atomic E-state index is 0.976. The molecule has 0 bridgehead atoms. The van der Waals surface area contributed by atoms with Gasteiger partial charge in [-0.1, -0.05) is 59.3 Å². The second-order valence-electron chi connectivity index (χ2n) is 6.43. The Morgan fingerprint density at radius 2 is 1.87 bits per heavy atom. The van der Waals surface area contributed by atoms with Gasteiger partial charge >= 0.3 is 0 Å². The molecule has 4 unspecified atom stereocenters. The largest absolute Gasteiger partial charge is 0.0622 e. The zero-order chi connectivity index (χ0) is 10.8. The minimum atomic E-state index is 0.976. The molecule has 0 heteroatoms. The zero-order valence-corrected chi connectivity index (χ0v) is 10.8. The van der Waals surface area contributed by atoms with Crippen molar-refractivity contribution in [2.45, 2.75) is 65.7 Å². The smallest absolute Gasteiger partial charge is 0.0386 e. The van der Waals surface area contributed by atoms with Crippen molar-refractivity contribution in [1.29, 1.82) is 0 Å². The van der Waals surface area contributed by atoms with E-state index in [0.29, 0.717) is 0 Å². The molecule has 0 nitrogen and oxygen atoms in total. The van der Waals surface area contributed by atoms with E-state index in [9.17, 15) is 0 Å². The molecule has 0 amide bonds. The van der Waals surface area contributed by atoms with Gasteiger partial charge in [0.2, 0.25) is 0 Å². The summed E-state index contributed by atoms with van der Waals surface area (Å²) in [6.45, 7) is 7.39. The second kappa shape index (κ2) is 4.89. The van der Waals surface area contributed by atoms with Crippen LogP contribution in [0.1, 0.15) is 65.7 Å². The van der Waals surface area contributed by atoms with Crippen LogP contribution in [0.2, 0.25) is 0 Å². The third-order valence-corrected chi connectivity index (χ3v) is 5.30. The summed E-state index contributed by atoms with van der Waals surface area (Å²) < 4.78 is 0. The maximum absolute atomic E-state index is 2.49. The number of hydrogen-bond donors (Lipinski definition) is 0. The monoisotopic (exact) mass is 208 g/mol. The van der Waals surface area contributed by atoms with Crippen LogP contribution in [0.15, 0.2) is 0 Å². The van der Waals surface area contributed by atoms with Crippen molar-refractivity contribution >= 4 is 0 Å². The van der Waals surface area contributed by atoms with Gasteiger partial charge < -0.3 is 0 Å². The van der Waals surface area contributed by atoms with Gasteiger partial charge in [0.1, 0.15) is 0 Å². The first-order valence-electron chi connectivity index (χ1n) is 7.18. The number of rotatable bonds is 6. The first kappa shape index (κ1) is 11.5. The third kappa shape index (κ3) is 2.98. The molecule has 0 radical (unpaired) electrons. The van der Waals surface area contributed by atoms with Gasteiger partial charge in [0.15, 0.2) is 0 Å². The molecular weight excluding hydrogens is 180 g/mol. The first-order valence-corrected chi connectivity index (χ1v) is 7.18. The van der Waals surface area contributed by atoms with Gasteiger partial charge in [-0.15, -0.1) is 0 Å². The van der Waals surface area contributed by atoms with Crippen molar-refractivity contribution in [2.75, 3.05) is 0 Å². The lowest BCUT2D eigenvalue weighted by molar-refractivity contribution is 0.160. The zero-order valence-electron chi connectivity index (χ0n) is 10.8. The highest BCUT2D eigenvalue weighted by Gasteiger charge is 2.32. The summed E-state index contributed by atoms with van der Waals surface area (Å²) in [5, 5.41) is 0. The SMILES string of the molecule is CC1CC1CCCC(C)C(C)C1CCC1. The van der Waals surface area contributed by atoms with E-state index in [1.54, 1.807) is 0 Å². The highest BCUT2D eigenvalue weighted by molar-refractivity contribution is 4.83. The summed E-state index contributed by atoms with van der Waals surface area (Å²) in [5.74, 6) is 5.22. The maximum atomic E-state index is 2.49. The van der Waals surface area contributed by atoms with Crippen LogP contribution >= 0.6 is 0 Å². The first-order chi connectivity index (χ1) is 7.18. The molecule has 0 heterocycles. The van der Waals surface area contributed by atoms with E-state index >= 15 is 0 Å². The van der Waals surface area contributed by atoms with E-state index in [0.717, 1.165) is 29.6 Å². The molecule has 0 N–H and O–H groups in total. The summed E-state index contributed by atoms with van der Waals surface area (Å²) in [5.41, 5.74) is 0. The van der Waals surface area contributed by atoms with Crippen molar-refractivity contribution in [2.24, 2.45) is 29.6 Å². The molecule has 88 valence electrons. The van der Waals surface area contributed by atoms with Crippen molar-refractivity contribution < 1.29 is 0 Å². The molecule has 0 aliphatic heterocycles. The van der Waals surface area contributed by atoms with Gasteiger partial charge in [0.25, 0.3) is 0 Å². The summed E-state index contributed by atoms with van der Waals surface area (Å²) in [4.78, 5) is 0. The summed E-state index contributed by atoms with van der Waals surface area (Å²) in [7, 11) is 0. The molecule has 2 saturated carbocycles. The summed E-state index contributed by atoms with van der Waals surface area (Å²) in [6, 6.07) is 0. The summed E-state index contributed by atoms with van der Waals surface area (Å²) in [6.07, 6.45) is 10.6. The Bertz CT molecular complexity index is 192. The lowest BCUT2D eigenvalue weighted by atomic mass is 9.71. The van der Waals surface area contributed by atoms with Crippen molar-refractivity contribution in [3.8, 4) is 0 Å². The molecule has 2 aliphatic rings. The molecule has 4 atom stereocenters. The normalized spacial score (nSPS) is 34.6. The topological polar surface area (TPSA) is 0 Å². The van der Waals surface area contributed by atoms with Crippen LogP contribution in [0.3, 0.4) is 0 Å². The van der Waals surface area contributed by atoms with E-state index in [1.165, 1.54) is 44.9 Å². The average molecular weight is 208 g/mol. The summed E-state index contributed by atoms with van der Waals surface area (Å²) >= 11 is 0. The van der Waals surface area contributed by atoms with Crippen LogP contribution in [0.25, 0.3) is 0 Å². The van der Waals surface area contributed by atoms with Gasteiger partial charge in [0.05, 0.1) is 0 Å². The average Bonchev–Trinajstić information content (AvgIpc) is 2.78. The predicted molar refractivity (Wildman–Crippen MR) is 66.8 cm³/mol. The predicted octanol–water partition coefficient (Wildman–Crippen LogP) is 4.89. The Kier molecular flexibility index (Phi) is 3.74. The van der Waals surface area contributed by atoms with E-state index in [4.69, 9.17) is 0 Å². The Morgan fingerprint density at radius 1 is 1.20 bits per heavy atom. The lowest BCUT2D eigenvalue weighted by Crippen LogP contribution is -2.24. The molecule has 0 spiro atoms. The molecule has 2 aliphatic carbocycles. The van der Waals surface area contributed by atoms with E-state index in [1.807, 2.05) is 0 Å². The molecule has 0 aromatic heterocycles. The molecule has 0 saturated heterocycles.